The van der Waals surface area contributed by atoms with Gasteiger partial charge in [-0.2, -0.15) is 0 Å². The third-order valence-corrected chi connectivity index (χ3v) is 6.92. The molecule has 2 amide bonds. The molecule has 0 bridgehead atoms. The maximum absolute atomic E-state index is 13.0. The van der Waals surface area contributed by atoms with Crippen molar-refractivity contribution in [2.24, 2.45) is 0 Å². The molecule has 2 fully saturated rings. The summed E-state index contributed by atoms with van der Waals surface area (Å²) in [4.78, 5) is 16.3. The third-order valence-electron chi connectivity index (χ3n) is 5.04. The minimum Gasteiger partial charge on any atom is -0.320 e. The Morgan fingerprint density at radius 3 is 2.32 bits per heavy atom. The summed E-state index contributed by atoms with van der Waals surface area (Å²) < 4.78 is 38.4. The second-order valence-corrected chi connectivity index (χ2v) is 8.81. The summed E-state index contributed by atoms with van der Waals surface area (Å²) in [7, 11) is -3.15. The second kappa shape index (κ2) is 7.29. The normalized spacial score (nSPS) is 20.5. The average Bonchev–Trinajstić information content (AvgIpc) is 2.98. The number of amides is 2. The lowest BCUT2D eigenvalue weighted by Gasteiger charge is -2.35. The molecule has 0 atom stereocenters. The van der Waals surface area contributed by atoms with Crippen molar-refractivity contribution < 1.29 is 17.6 Å². The predicted octanol–water partition coefficient (Wildman–Crippen LogP) is 1.88. The maximum atomic E-state index is 13.0. The number of halogens is 1. The van der Waals surface area contributed by atoms with Gasteiger partial charge in [0.25, 0.3) is 0 Å². The quantitative estimate of drug-likeness (QED) is 0.796. The summed E-state index contributed by atoms with van der Waals surface area (Å²) in [5.74, 6) is -0.168. The van der Waals surface area contributed by atoms with E-state index in [2.05, 4.69) is 0 Å². The molecule has 0 saturated carbocycles. The lowest BCUT2D eigenvalue weighted by atomic mass is 10.1. The molecule has 0 unspecified atom stereocenters. The Morgan fingerprint density at radius 2 is 1.72 bits per heavy atom. The van der Waals surface area contributed by atoms with Gasteiger partial charge in [-0.1, -0.05) is 12.1 Å². The van der Waals surface area contributed by atoms with Crippen LogP contribution in [0, 0.1) is 5.82 Å². The summed E-state index contributed by atoms with van der Waals surface area (Å²) in [6.07, 6.45) is 1.35. The molecule has 2 aliphatic heterocycles. The first-order valence-corrected chi connectivity index (χ1v) is 10.3. The van der Waals surface area contributed by atoms with E-state index in [1.807, 2.05) is 4.90 Å². The Hall–Kier alpha value is -1.67. The molecule has 2 aliphatic rings. The molecule has 2 heterocycles. The topological polar surface area (TPSA) is 60.9 Å². The number of piperidine rings is 1. The van der Waals surface area contributed by atoms with Crippen LogP contribution in [0.3, 0.4) is 0 Å². The van der Waals surface area contributed by atoms with Gasteiger partial charge in [-0.05, 0) is 37.5 Å². The fourth-order valence-corrected chi connectivity index (χ4v) is 4.64. The maximum Gasteiger partial charge on any atom is 0.320 e. The lowest BCUT2D eigenvalue weighted by molar-refractivity contribution is 0.153. The minimum atomic E-state index is -3.15. The molecule has 8 heteroatoms. The number of nitrogens with zero attached hydrogens (tertiary/aromatic N) is 3. The zero-order valence-corrected chi connectivity index (χ0v) is 15.2. The molecule has 0 N–H and O–H groups in total. The van der Waals surface area contributed by atoms with E-state index in [-0.39, 0.29) is 23.6 Å². The van der Waals surface area contributed by atoms with Crippen LogP contribution >= 0.6 is 0 Å². The fourth-order valence-electron chi connectivity index (χ4n) is 3.51. The van der Waals surface area contributed by atoms with E-state index < -0.39 is 10.0 Å². The van der Waals surface area contributed by atoms with Gasteiger partial charge in [0.05, 0.1) is 5.75 Å². The van der Waals surface area contributed by atoms with Crippen LogP contribution < -0.4 is 0 Å². The summed E-state index contributed by atoms with van der Waals surface area (Å²) in [6, 6.07) is 6.27. The van der Waals surface area contributed by atoms with Crippen molar-refractivity contribution >= 4 is 16.1 Å². The van der Waals surface area contributed by atoms with E-state index in [0.717, 1.165) is 5.56 Å². The van der Waals surface area contributed by atoms with Crippen molar-refractivity contribution in [3.63, 3.8) is 0 Å². The SMILES string of the molecule is CCS(=O)(=O)N1CCC(N2CCN(Cc3ccc(F)cc3)C2=O)CC1. The van der Waals surface area contributed by atoms with Crippen LogP contribution in [0.2, 0.25) is 0 Å². The Kier molecular flexibility index (Phi) is 5.29. The van der Waals surface area contributed by atoms with Crippen LogP contribution in [0.15, 0.2) is 24.3 Å². The number of rotatable bonds is 5. The highest BCUT2D eigenvalue weighted by Gasteiger charge is 2.36. The number of carbonyl (C=O) groups excluding carboxylic acids is 1. The molecule has 0 aliphatic carbocycles. The van der Waals surface area contributed by atoms with Gasteiger partial charge in [0.2, 0.25) is 10.0 Å². The highest BCUT2D eigenvalue weighted by molar-refractivity contribution is 7.89. The standard InChI is InChI=1S/C17H24FN3O3S/c1-2-25(23,24)20-9-7-16(8-10-20)21-12-11-19(17(21)22)13-14-3-5-15(18)6-4-14/h3-6,16H,2,7-13H2,1H3. The molecule has 0 radical (unpaired) electrons. The molecule has 2 saturated heterocycles. The highest BCUT2D eigenvalue weighted by Crippen LogP contribution is 2.24. The monoisotopic (exact) mass is 369 g/mol. The summed E-state index contributed by atoms with van der Waals surface area (Å²) in [6.45, 7) is 4.37. The largest absolute Gasteiger partial charge is 0.320 e. The average molecular weight is 369 g/mol. The van der Waals surface area contributed by atoms with Crippen molar-refractivity contribution in [3.05, 3.63) is 35.6 Å². The summed E-state index contributed by atoms with van der Waals surface area (Å²) in [5.41, 5.74) is 0.903. The molecule has 0 spiro atoms. The van der Waals surface area contributed by atoms with Gasteiger partial charge in [-0.15, -0.1) is 0 Å². The fraction of sp³-hybridized carbons (Fsp3) is 0.588. The molecular weight excluding hydrogens is 345 g/mol. The Balaban J connectivity index is 1.57. The lowest BCUT2D eigenvalue weighted by Crippen LogP contribution is -2.48. The first kappa shape index (κ1) is 18.1. The van der Waals surface area contributed by atoms with E-state index >= 15 is 0 Å². The van der Waals surface area contributed by atoms with Crippen LogP contribution in [-0.4, -0.2) is 66.5 Å². The van der Waals surface area contributed by atoms with Crippen molar-refractivity contribution in [2.45, 2.75) is 32.4 Å². The van der Waals surface area contributed by atoms with Gasteiger partial charge in [-0.25, -0.2) is 21.9 Å². The van der Waals surface area contributed by atoms with Crippen molar-refractivity contribution in [3.8, 4) is 0 Å². The molecule has 25 heavy (non-hydrogen) atoms. The van der Waals surface area contributed by atoms with E-state index in [4.69, 9.17) is 0 Å². The molecule has 3 rings (SSSR count). The van der Waals surface area contributed by atoms with E-state index in [0.29, 0.717) is 45.6 Å². The van der Waals surface area contributed by atoms with Gasteiger partial charge < -0.3 is 9.80 Å². The van der Waals surface area contributed by atoms with E-state index in [1.54, 1.807) is 24.0 Å². The molecule has 1 aromatic rings. The summed E-state index contributed by atoms with van der Waals surface area (Å²) >= 11 is 0. The number of hydrogen-bond acceptors (Lipinski definition) is 3. The van der Waals surface area contributed by atoms with Gasteiger partial charge in [0.1, 0.15) is 5.82 Å². The van der Waals surface area contributed by atoms with Crippen LogP contribution in [-0.2, 0) is 16.6 Å². The van der Waals surface area contributed by atoms with Crippen LogP contribution in [0.1, 0.15) is 25.3 Å². The molecule has 0 aromatic heterocycles. The van der Waals surface area contributed by atoms with Gasteiger partial charge in [0.15, 0.2) is 0 Å². The Labute approximate surface area is 148 Å². The van der Waals surface area contributed by atoms with E-state index in [9.17, 15) is 17.6 Å². The number of hydrogen-bond donors (Lipinski definition) is 0. The zero-order chi connectivity index (χ0) is 18.0. The first-order chi connectivity index (χ1) is 11.9. The molecule has 138 valence electrons. The Bertz CT molecular complexity index is 715. The number of urea groups is 1. The molecule has 6 nitrogen and oxygen atoms in total. The molecule has 1 aromatic carbocycles. The summed E-state index contributed by atoms with van der Waals surface area (Å²) in [5, 5.41) is 0. The van der Waals surface area contributed by atoms with Crippen molar-refractivity contribution in [2.75, 3.05) is 31.9 Å². The number of carbonyl (C=O) groups is 1. The molecular formula is C17H24FN3O3S. The van der Waals surface area contributed by atoms with E-state index in [1.165, 1.54) is 16.4 Å². The van der Waals surface area contributed by atoms with Gasteiger partial charge >= 0.3 is 6.03 Å². The third kappa shape index (κ3) is 3.95. The zero-order valence-electron chi connectivity index (χ0n) is 14.4. The number of benzene rings is 1. The van der Waals surface area contributed by atoms with Crippen LogP contribution in [0.5, 0.6) is 0 Å². The minimum absolute atomic E-state index is 0.0128. The number of sulfonamides is 1. The van der Waals surface area contributed by atoms with Gasteiger partial charge in [0, 0.05) is 38.8 Å². The van der Waals surface area contributed by atoms with Crippen molar-refractivity contribution in [1.29, 1.82) is 0 Å². The Morgan fingerprint density at radius 1 is 1.08 bits per heavy atom. The highest BCUT2D eigenvalue weighted by atomic mass is 32.2. The smallest absolute Gasteiger partial charge is 0.320 e. The van der Waals surface area contributed by atoms with Crippen molar-refractivity contribution in [1.82, 2.24) is 14.1 Å². The van der Waals surface area contributed by atoms with Gasteiger partial charge in [-0.3, -0.25) is 0 Å². The van der Waals surface area contributed by atoms with Crippen LogP contribution in [0.25, 0.3) is 0 Å². The second-order valence-electron chi connectivity index (χ2n) is 6.55. The van der Waals surface area contributed by atoms with Crippen LogP contribution in [0.4, 0.5) is 9.18 Å². The first-order valence-electron chi connectivity index (χ1n) is 8.68. The predicted molar refractivity (Wildman–Crippen MR) is 93.0 cm³/mol.